The zero-order valence-electron chi connectivity index (χ0n) is 35.9. The topological polar surface area (TPSA) is 42.3 Å². The van der Waals surface area contributed by atoms with Gasteiger partial charge in [-0.3, -0.25) is 4.57 Å². The summed E-state index contributed by atoms with van der Waals surface area (Å²) in [5, 5.41) is 6.21. The number of anilines is 4. The Hall–Kier alpha value is -5.55. The third kappa shape index (κ3) is 8.44. The van der Waals surface area contributed by atoms with Crippen LogP contribution in [0.5, 0.6) is 11.5 Å². The molecule has 0 atom stereocenters. The fourth-order valence-electron chi connectivity index (χ4n) is 7.96. The molecule has 5 aromatic carbocycles. The molecule has 5 nitrogen and oxygen atoms in total. The summed E-state index contributed by atoms with van der Waals surface area (Å²) >= 11 is 0. The molecule has 2 aromatic heterocycles. The largest absolute Gasteiger partial charge is 0.457 e. The van der Waals surface area contributed by atoms with E-state index >= 15 is 0 Å². The Morgan fingerprint density at radius 3 is 2.11 bits per heavy atom. The van der Waals surface area contributed by atoms with E-state index in [0.29, 0.717) is 5.92 Å². The molecule has 7 aromatic rings. The molecule has 0 saturated carbocycles. The zero-order chi connectivity index (χ0) is 40.6. The summed E-state index contributed by atoms with van der Waals surface area (Å²) < 4.78 is 9.15. The Bertz CT molecular complexity index is 2550. The van der Waals surface area contributed by atoms with E-state index in [1.807, 2.05) is 6.20 Å². The molecule has 0 unspecified atom stereocenters. The maximum Gasteiger partial charge on any atom is 0.137 e. The summed E-state index contributed by atoms with van der Waals surface area (Å²) in [6.45, 7) is 22.6. The summed E-state index contributed by atoms with van der Waals surface area (Å²) in [7, 11) is 2.18. The van der Waals surface area contributed by atoms with Gasteiger partial charge < -0.3 is 15.0 Å². The SMILES string of the molecule is CCc1cc(Nc2cccc(C(C)(C)C)c2)c(N(C)c2cc(CC(C)C)cc(Oc3ccc4c5ccccc5n(-c5cc(C(C)(C)C)ccn5)c4c3)c2)cc1CC. The maximum absolute atomic E-state index is 6.88. The van der Waals surface area contributed by atoms with E-state index in [2.05, 4.69) is 200 Å². The van der Waals surface area contributed by atoms with Crippen molar-refractivity contribution in [3.05, 3.63) is 143 Å². The van der Waals surface area contributed by atoms with Crippen LogP contribution in [-0.4, -0.2) is 16.6 Å². The Kier molecular flexibility index (Phi) is 11.0. The van der Waals surface area contributed by atoms with Gasteiger partial charge in [-0.05, 0) is 131 Å². The lowest BCUT2D eigenvalue weighted by Crippen LogP contribution is -2.14. The van der Waals surface area contributed by atoms with Gasteiger partial charge in [0.25, 0.3) is 0 Å². The summed E-state index contributed by atoms with van der Waals surface area (Å²) in [5.41, 5.74) is 13.2. The van der Waals surface area contributed by atoms with Crippen LogP contribution in [-0.2, 0) is 30.1 Å². The van der Waals surface area contributed by atoms with Crippen molar-refractivity contribution in [3.63, 3.8) is 0 Å². The minimum absolute atomic E-state index is 0.000894. The van der Waals surface area contributed by atoms with E-state index in [4.69, 9.17) is 9.72 Å². The number of nitrogens with zero attached hydrogens (tertiary/aromatic N) is 3. The molecular weight excluding hydrogens is 697 g/mol. The summed E-state index contributed by atoms with van der Waals surface area (Å²) in [4.78, 5) is 7.21. The molecule has 0 aliphatic rings. The highest BCUT2D eigenvalue weighted by Gasteiger charge is 2.20. The minimum Gasteiger partial charge on any atom is -0.457 e. The number of aryl methyl sites for hydroxylation is 2. The van der Waals surface area contributed by atoms with Crippen LogP contribution in [0.4, 0.5) is 22.7 Å². The van der Waals surface area contributed by atoms with Crippen molar-refractivity contribution < 1.29 is 4.74 Å². The molecule has 5 heteroatoms. The van der Waals surface area contributed by atoms with Crippen LogP contribution in [0.25, 0.3) is 27.6 Å². The van der Waals surface area contributed by atoms with Gasteiger partial charge in [0, 0.05) is 47.5 Å². The monoisotopic (exact) mass is 756 g/mol. The second-order valence-corrected chi connectivity index (χ2v) is 18.1. The number of benzene rings is 5. The van der Waals surface area contributed by atoms with Gasteiger partial charge in [0.1, 0.15) is 17.3 Å². The van der Waals surface area contributed by atoms with Gasteiger partial charge in [-0.25, -0.2) is 4.98 Å². The highest BCUT2D eigenvalue weighted by molar-refractivity contribution is 6.09. The molecule has 294 valence electrons. The number of rotatable bonds is 11. The van der Waals surface area contributed by atoms with Crippen molar-refractivity contribution in [2.45, 2.75) is 99.3 Å². The number of nitrogens with one attached hydrogen (secondary N) is 1. The fraction of sp³-hybridized carbons (Fsp3) is 0.327. The lowest BCUT2D eigenvalue weighted by molar-refractivity contribution is 0.482. The quantitative estimate of drug-likeness (QED) is 0.143. The van der Waals surface area contributed by atoms with E-state index in [0.717, 1.165) is 70.4 Å². The average molecular weight is 757 g/mol. The normalized spacial score (nSPS) is 12.1. The molecule has 7 rings (SSSR count). The van der Waals surface area contributed by atoms with E-state index < -0.39 is 0 Å². The summed E-state index contributed by atoms with van der Waals surface area (Å²) in [5.74, 6) is 3.00. The smallest absolute Gasteiger partial charge is 0.137 e. The Balaban J connectivity index is 1.31. The van der Waals surface area contributed by atoms with Crippen molar-refractivity contribution in [2.24, 2.45) is 5.92 Å². The van der Waals surface area contributed by atoms with Crippen molar-refractivity contribution >= 4 is 44.6 Å². The molecule has 0 saturated heterocycles. The first-order valence-electron chi connectivity index (χ1n) is 20.7. The number of para-hydroxylation sites is 1. The maximum atomic E-state index is 6.88. The first kappa shape index (κ1) is 39.7. The number of ether oxygens (including phenoxy) is 1. The Morgan fingerprint density at radius 2 is 1.39 bits per heavy atom. The molecule has 0 fully saturated rings. The van der Waals surface area contributed by atoms with Gasteiger partial charge >= 0.3 is 0 Å². The van der Waals surface area contributed by atoms with Gasteiger partial charge in [-0.2, -0.15) is 0 Å². The Labute approximate surface area is 340 Å². The van der Waals surface area contributed by atoms with E-state index in [-0.39, 0.29) is 10.8 Å². The van der Waals surface area contributed by atoms with Gasteiger partial charge in [-0.15, -0.1) is 0 Å². The van der Waals surface area contributed by atoms with Crippen molar-refractivity contribution in [3.8, 4) is 17.3 Å². The summed E-state index contributed by atoms with van der Waals surface area (Å²) in [6, 6.07) is 39.7. The van der Waals surface area contributed by atoms with E-state index in [1.54, 1.807) is 0 Å². The molecule has 0 aliphatic carbocycles. The van der Waals surface area contributed by atoms with Gasteiger partial charge in [0.05, 0.1) is 22.4 Å². The zero-order valence-corrected chi connectivity index (χ0v) is 35.9. The van der Waals surface area contributed by atoms with Crippen LogP contribution >= 0.6 is 0 Å². The van der Waals surface area contributed by atoms with Crippen LogP contribution in [0.2, 0.25) is 0 Å². The predicted molar refractivity (Wildman–Crippen MR) is 244 cm³/mol. The van der Waals surface area contributed by atoms with Crippen molar-refractivity contribution in [2.75, 3.05) is 17.3 Å². The second-order valence-electron chi connectivity index (χ2n) is 18.1. The molecule has 0 radical (unpaired) electrons. The molecule has 0 spiro atoms. The Morgan fingerprint density at radius 1 is 0.684 bits per heavy atom. The van der Waals surface area contributed by atoms with Gasteiger partial charge in [0.2, 0.25) is 0 Å². The first-order valence-corrected chi connectivity index (χ1v) is 20.7. The third-order valence-corrected chi connectivity index (χ3v) is 11.2. The fourth-order valence-corrected chi connectivity index (χ4v) is 7.96. The molecule has 0 amide bonds. The van der Waals surface area contributed by atoms with E-state index in [9.17, 15) is 0 Å². The lowest BCUT2D eigenvalue weighted by atomic mass is 9.87. The molecule has 1 N–H and O–H groups in total. The number of aromatic nitrogens is 2. The van der Waals surface area contributed by atoms with Crippen LogP contribution < -0.4 is 15.0 Å². The molecule has 57 heavy (non-hydrogen) atoms. The van der Waals surface area contributed by atoms with Crippen molar-refractivity contribution in [1.82, 2.24) is 9.55 Å². The average Bonchev–Trinajstić information content (AvgIpc) is 3.50. The van der Waals surface area contributed by atoms with Crippen molar-refractivity contribution in [1.29, 1.82) is 0 Å². The molecule has 0 bridgehead atoms. The lowest BCUT2D eigenvalue weighted by Gasteiger charge is -2.27. The predicted octanol–water partition coefficient (Wildman–Crippen LogP) is 14.4. The number of hydrogen-bond acceptors (Lipinski definition) is 4. The van der Waals surface area contributed by atoms with E-state index in [1.165, 1.54) is 38.6 Å². The van der Waals surface area contributed by atoms with Crippen LogP contribution in [0.1, 0.15) is 97.1 Å². The highest BCUT2D eigenvalue weighted by Crippen LogP contribution is 2.40. The number of hydrogen-bond donors (Lipinski definition) is 1. The standard InChI is InChI=1S/C52H60N4O/c1-12-36-28-46(54-40-18-16-17-38(30-40)51(5,6)7)49(29-37(36)13-2)55(11)41-26-35(25-34(3)4)27-43(32-41)57-42-21-22-45-44-19-14-15-20-47(44)56(48(45)33-42)50-31-39(23-24-53-50)52(8,9)10/h14-24,26-34,54H,12-13,25H2,1-11H3. The van der Waals surface area contributed by atoms with Crippen LogP contribution in [0.15, 0.2) is 115 Å². The first-order chi connectivity index (χ1) is 27.1. The molecular formula is C52H60N4O. The third-order valence-electron chi connectivity index (χ3n) is 11.2. The number of fused-ring (bicyclic) bond motifs is 3. The minimum atomic E-state index is 0.000894. The second kappa shape index (κ2) is 15.8. The number of pyridine rings is 1. The molecule has 2 heterocycles. The summed E-state index contributed by atoms with van der Waals surface area (Å²) in [6.07, 6.45) is 4.83. The highest BCUT2D eigenvalue weighted by atomic mass is 16.5. The molecule has 0 aliphatic heterocycles. The van der Waals surface area contributed by atoms with Gasteiger partial charge in [0.15, 0.2) is 0 Å². The van der Waals surface area contributed by atoms with Gasteiger partial charge in [-0.1, -0.05) is 99.6 Å². The van der Waals surface area contributed by atoms with Crippen LogP contribution in [0, 0.1) is 5.92 Å². The van der Waals surface area contributed by atoms with Crippen LogP contribution in [0.3, 0.4) is 0 Å².